The average molecular weight is 412 g/mol. The molecule has 30 heavy (non-hydrogen) atoms. The number of Topliss-reactive ketones (excluding diaryl/α,β-unsaturated/α-hetero) is 1. The molecule has 0 spiro atoms. The van der Waals surface area contributed by atoms with E-state index >= 15 is 0 Å². The van der Waals surface area contributed by atoms with E-state index in [2.05, 4.69) is 26.1 Å². The van der Waals surface area contributed by atoms with E-state index in [9.17, 15) is 9.59 Å². The van der Waals surface area contributed by atoms with Crippen LogP contribution in [0.3, 0.4) is 0 Å². The number of esters is 1. The summed E-state index contributed by atoms with van der Waals surface area (Å²) in [5.41, 5.74) is 3.56. The van der Waals surface area contributed by atoms with Crippen molar-refractivity contribution >= 4 is 11.8 Å². The lowest BCUT2D eigenvalue weighted by atomic mass is 9.68. The van der Waals surface area contributed by atoms with Gasteiger partial charge >= 0.3 is 5.97 Å². The Balaban J connectivity index is 2.16. The Kier molecular flexibility index (Phi) is 6.69. The van der Waals surface area contributed by atoms with Crippen LogP contribution in [0.2, 0.25) is 0 Å². The molecule has 1 atom stereocenters. The van der Waals surface area contributed by atoms with Gasteiger partial charge in [-0.05, 0) is 37.7 Å². The van der Waals surface area contributed by atoms with Crippen LogP contribution in [0.1, 0.15) is 71.8 Å². The number of allylic oxidation sites excluding steroid dienone is 3. The van der Waals surface area contributed by atoms with Crippen molar-refractivity contribution in [2.45, 2.75) is 66.2 Å². The highest BCUT2D eigenvalue weighted by molar-refractivity contribution is 6.04. The molecule has 1 aliphatic heterocycles. The summed E-state index contributed by atoms with van der Waals surface area (Å²) < 4.78 is 11.5. The smallest absolute Gasteiger partial charge is 0.336 e. The van der Waals surface area contributed by atoms with Gasteiger partial charge in [0.2, 0.25) is 0 Å². The van der Waals surface area contributed by atoms with Crippen LogP contribution in [0.15, 0.2) is 46.8 Å². The van der Waals surface area contributed by atoms with Crippen LogP contribution in [-0.4, -0.2) is 25.0 Å². The first-order valence-corrected chi connectivity index (χ1v) is 10.9. The van der Waals surface area contributed by atoms with Crippen molar-refractivity contribution in [1.29, 1.82) is 0 Å². The van der Waals surface area contributed by atoms with Crippen molar-refractivity contribution in [2.24, 2.45) is 5.41 Å². The van der Waals surface area contributed by atoms with Crippen molar-refractivity contribution in [3.8, 4) is 5.75 Å². The molecular weight excluding hydrogens is 378 g/mol. The largest absolute Gasteiger partial charge is 0.493 e. The van der Waals surface area contributed by atoms with Crippen LogP contribution < -0.4 is 10.1 Å². The SMILES string of the molecule is CCCOC(=O)C1=C(C)NC2=C(C(=O)CC(C)(C)C2)[C@@H]1c1ccccc1OCCC. The van der Waals surface area contributed by atoms with Crippen LogP contribution >= 0.6 is 0 Å². The van der Waals surface area contributed by atoms with Crippen LogP contribution in [0.4, 0.5) is 0 Å². The quantitative estimate of drug-likeness (QED) is 0.637. The Hall–Kier alpha value is -2.56. The maximum absolute atomic E-state index is 13.3. The van der Waals surface area contributed by atoms with Gasteiger partial charge in [-0.3, -0.25) is 4.79 Å². The lowest BCUT2D eigenvalue weighted by Gasteiger charge is -2.39. The summed E-state index contributed by atoms with van der Waals surface area (Å²) in [6.07, 6.45) is 2.84. The zero-order valence-electron chi connectivity index (χ0n) is 18.8. The number of rotatable bonds is 7. The summed E-state index contributed by atoms with van der Waals surface area (Å²) in [5.74, 6) is -0.0646. The fourth-order valence-electron chi connectivity index (χ4n) is 4.35. The third-order valence-electron chi connectivity index (χ3n) is 5.59. The minimum atomic E-state index is -0.484. The third kappa shape index (κ3) is 4.45. The van der Waals surface area contributed by atoms with E-state index in [1.807, 2.05) is 38.1 Å². The Morgan fingerprint density at radius 2 is 1.83 bits per heavy atom. The Labute approximate surface area is 179 Å². The molecule has 1 heterocycles. The monoisotopic (exact) mass is 411 g/mol. The van der Waals surface area contributed by atoms with Gasteiger partial charge in [0, 0.05) is 29.0 Å². The number of hydrogen-bond donors (Lipinski definition) is 1. The number of nitrogens with one attached hydrogen (secondary N) is 1. The molecule has 2 aliphatic rings. The van der Waals surface area contributed by atoms with Crippen LogP contribution in [0.25, 0.3) is 0 Å². The lowest BCUT2D eigenvalue weighted by molar-refractivity contribution is -0.139. The highest BCUT2D eigenvalue weighted by Gasteiger charge is 2.43. The summed E-state index contributed by atoms with van der Waals surface area (Å²) >= 11 is 0. The number of benzene rings is 1. The summed E-state index contributed by atoms with van der Waals surface area (Å²) in [6.45, 7) is 11.0. The van der Waals surface area contributed by atoms with Crippen LogP contribution in [0, 0.1) is 5.41 Å². The van der Waals surface area contributed by atoms with Gasteiger partial charge in [-0.1, -0.05) is 45.9 Å². The molecule has 0 bridgehead atoms. The maximum Gasteiger partial charge on any atom is 0.336 e. The van der Waals surface area contributed by atoms with Crippen molar-refractivity contribution in [3.05, 3.63) is 52.4 Å². The third-order valence-corrected chi connectivity index (χ3v) is 5.59. The minimum Gasteiger partial charge on any atom is -0.493 e. The summed E-state index contributed by atoms with van der Waals surface area (Å²) in [4.78, 5) is 26.4. The number of ether oxygens (including phenoxy) is 2. The van der Waals surface area contributed by atoms with E-state index in [1.165, 1.54) is 0 Å². The van der Waals surface area contributed by atoms with E-state index in [1.54, 1.807) is 0 Å². The van der Waals surface area contributed by atoms with E-state index in [4.69, 9.17) is 9.47 Å². The number of hydrogen-bond acceptors (Lipinski definition) is 5. The fraction of sp³-hybridized carbons (Fsp3) is 0.520. The van der Waals surface area contributed by atoms with Gasteiger partial charge in [-0.2, -0.15) is 0 Å². The van der Waals surface area contributed by atoms with Gasteiger partial charge in [0.25, 0.3) is 0 Å². The van der Waals surface area contributed by atoms with E-state index < -0.39 is 5.92 Å². The number of para-hydroxylation sites is 1. The van der Waals surface area contributed by atoms with Crippen molar-refractivity contribution in [3.63, 3.8) is 0 Å². The summed E-state index contributed by atoms with van der Waals surface area (Å²) in [7, 11) is 0. The minimum absolute atomic E-state index is 0.0809. The molecule has 1 aromatic carbocycles. The predicted molar refractivity (Wildman–Crippen MR) is 117 cm³/mol. The van der Waals surface area contributed by atoms with Crippen molar-refractivity contribution in [1.82, 2.24) is 5.32 Å². The molecule has 0 amide bonds. The molecule has 0 aromatic heterocycles. The number of carbonyl (C=O) groups is 2. The fourth-order valence-corrected chi connectivity index (χ4v) is 4.35. The zero-order valence-corrected chi connectivity index (χ0v) is 18.8. The topological polar surface area (TPSA) is 64.6 Å². The number of carbonyl (C=O) groups excluding carboxylic acids is 2. The van der Waals surface area contributed by atoms with Crippen molar-refractivity contribution in [2.75, 3.05) is 13.2 Å². The first-order chi connectivity index (χ1) is 14.3. The first-order valence-electron chi connectivity index (χ1n) is 10.9. The molecule has 0 unspecified atom stereocenters. The molecule has 5 nitrogen and oxygen atoms in total. The molecule has 162 valence electrons. The molecule has 0 fully saturated rings. The second-order valence-corrected chi connectivity index (χ2v) is 8.95. The lowest BCUT2D eigenvalue weighted by Crippen LogP contribution is -2.38. The molecule has 1 aromatic rings. The van der Waals surface area contributed by atoms with Gasteiger partial charge in [0.15, 0.2) is 5.78 Å². The normalized spacial score (nSPS) is 20.6. The molecule has 0 radical (unpaired) electrons. The standard InChI is InChI=1S/C25H33NO4/c1-6-12-29-20-11-9-8-10-17(20)22-21(24(28)30-13-7-2)16(3)26-18-14-25(4,5)15-19(27)23(18)22/h8-11,22,26H,6-7,12-15H2,1-5H3/t22-/m1/s1. The number of dihydropyridines is 1. The van der Waals surface area contributed by atoms with Gasteiger partial charge in [0.05, 0.1) is 24.7 Å². The Morgan fingerprint density at radius 1 is 1.13 bits per heavy atom. The summed E-state index contributed by atoms with van der Waals surface area (Å²) in [6, 6.07) is 7.72. The second kappa shape index (κ2) is 9.07. The van der Waals surface area contributed by atoms with Crippen LogP contribution in [-0.2, 0) is 14.3 Å². The molecule has 1 N–H and O–H groups in total. The Bertz CT molecular complexity index is 894. The predicted octanol–water partition coefficient (Wildman–Crippen LogP) is 5.03. The van der Waals surface area contributed by atoms with E-state index in [-0.39, 0.29) is 17.2 Å². The molecular formula is C25H33NO4. The highest BCUT2D eigenvalue weighted by Crippen LogP contribution is 2.48. The van der Waals surface area contributed by atoms with Gasteiger partial charge < -0.3 is 14.8 Å². The van der Waals surface area contributed by atoms with Crippen molar-refractivity contribution < 1.29 is 19.1 Å². The maximum atomic E-state index is 13.3. The molecule has 1 aliphatic carbocycles. The first kappa shape index (κ1) is 22.1. The van der Waals surface area contributed by atoms with E-state index in [0.717, 1.165) is 36.2 Å². The van der Waals surface area contributed by atoms with Gasteiger partial charge in [-0.15, -0.1) is 0 Å². The second-order valence-electron chi connectivity index (χ2n) is 8.95. The molecule has 0 saturated heterocycles. The summed E-state index contributed by atoms with van der Waals surface area (Å²) in [5, 5.41) is 3.37. The zero-order chi connectivity index (χ0) is 21.9. The van der Waals surface area contributed by atoms with Gasteiger partial charge in [0.1, 0.15) is 5.75 Å². The Morgan fingerprint density at radius 3 is 2.53 bits per heavy atom. The number of ketones is 1. The van der Waals surface area contributed by atoms with E-state index in [0.29, 0.717) is 36.5 Å². The van der Waals surface area contributed by atoms with Crippen LogP contribution in [0.5, 0.6) is 5.75 Å². The highest BCUT2D eigenvalue weighted by atomic mass is 16.5. The van der Waals surface area contributed by atoms with Gasteiger partial charge in [-0.25, -0.2) is 4.79 Å². The molecule has 5 heteroatoms. The molecule has 0 saturated carbocycles. The molecule has 3 rings (SSSR count). The average Bonchev–Trinajstić information content (AvgIpc) is 2.68.